The van der Waals surface area contributed by atoms with Crippen molar-refractivity contribution in [1.82, 2.24) is 24.8 Å². The maximum atomic E-state index is 4.75. The first kappa shape index (κ1) is 13.0. The van der Waals surface area contributed by atoms with E-state index in [1.54, 1.807) is 0 Å². The number of hydrogen-bond acceptors (Lipinski definition) is 4. The molecule has 3 rings (SSSR count). The maximum Gasteiger partial charge on any atom is 0.155 e. The number of hydrogen-bond donors (Lipinski definition) is 1. The van der Waals surface area contributed by atoms with Crippen molar-refractivity contribution in [2.45, 2.75) is 18.9 Å². The molecule has 2 aromatic rings. The van der Waals surface area contributed by atoms with Crippen LogP contribution in [0.25, 0.3) is 5.65 Å². The van der Waals surface area contributed by atoms with E-state index in [9.17, 15) is 0 Å². The predicted molar refractivity (Wildman–Crippen MR) is 78.3 cm³/mol. The lowest BCUT2D eigenvalue weighted by molar-refractivity contribution is 0.410. The lowest BCUT2D eigenvalue weighted by atomic mass is 10.1. The van der Waals surface area contributed by atoms with Crippen LogP contribution in [0.5, 0.6) is 0 Å². The van der Waals surface area contributed by atoms with Gasteiger partial charge in [-0.1, -0.05) is 0 Å². The number of likely N-dealkylation sites (tertiary alicyclic amines) is 1. The highest BCUT2D eigenvalue weighted by molar-refractivity contribution is 9.10. The van der Waals surface area contributed by atoms with Gasteiger partial charge >= 0.3 is 0 Å². The molecular formula is C13H18BrN5. The summed E-state index contributed by atoms with van der Waals surface area (Å²) in [7, 11) is 4.08. The number of rotatable bonds is 3. The first-order valence-corrected chi connectivity index (χ1v) is 7.35. The van der Waals surface area contributed by atoms with E-state index in [1.165, 1.54) is 6.42 Å². The van der Waals surface area contributed by atoms with Crippen LogP contribution in [0.4, 0.5) is 0 Å². The molecule has 6 heteroatoms. The Bertz CT molecular complexity index is 594. The summed E-state index contributed by atoms with van der Waals surface area (Å²) < 4.78 is 2.85. The molecule has 102 valence electrons. The molecule has 5 nitrogen and oxygen atoms in total. The fourth-order valence-electron chi connectivity index (χ4n) is 2.64. The molecule has 1 N–H and O–H groups in total. The number of nitrogens with zero attached hydrogens (tertiary/aromatic N) is 4. The van der Waals surface area contributed by atoms with Gasteiger partial charge < -0.3 is 10.2 Å². The molecule has 0 aromatic carbocycles. The molecule has 1 unspecified atom stereocenters. The summed E-state index contributed by atoms with van der Waals surface area (Å²) >= 11 is 3.60. The van der Waals surface area contributed by atoms with Gasteiger partial charge in [0.15, 0.2) is 5.65 Å². The van der Waals surface area contributed by atoms with Gasteiger partial charge in [0, 0.05) is 19.0 Å². The molecule has 0 saturated carbocycles. The summed E-state index contributed by atoms with van der Waals surface area (Å²) in [6.07, 6.45) is 1.19. The molecule has 0 aliphatic carbocycles. The minimum atomic E-state index is 0.538. The third kappa shape index (κ3) is 2.40. The second-order valence-corrected chi connectivity index (χ2v) is 5.91. The molecule has 19 heavy (non-hydrogen) atoms. The van der Waals surface area contributed by atoms with Gasteiger partial charge in [0.25, 0.3) is 0 Å². The van der Waals surface area contributed by atoms with Crippen LogP contribution >= 0.6 is 15.9 Å². The number of fused-ring (bicyclic) bond motifs is 1. The topological polar surface area (TPSA) is 45.5 Å². The van der Waals surface area contributed by atoms with Crippen LogP contribution in [0.15, 0.2) is 16.7 Å². The van der Waals surface area contributed by atoms with Crippen LogP contribution in [0, 0.1) is 0 Å². The van der Waals surface area contributed by atoms with Gasteiger partial charge in [0.1, 0.15) is 4.60 Å². The van der Waals surface area contributed by atoms with Crippen molar-refractivity contribution in [1.29, 1.82) is 0 Å². The molecule has 2 aromatic heterocycles. The Kier molecular flexibility index (Phi) is 3.56. The summed E-state index contributed by atoms with van der Waals surface area (Å²) in [6.45, 7) is 2.99. The van der Waals surface area contributed by atoms with Gasteiger partial charge in [0.2, 0.25) is 0 Å². The first-order valence-electron chi connectivity index (χ1n) is 6.56. The van der Waals surface area contributed by atoms with E-state index >= 15 is 0 Å². The number of imidazole rings is 1. The molecule has 0 bridgehead atoms. The second kappa shape index (κ2) is 5.19. The highest BCUT2D eigenvalue weighted by Gasteiger charge is 2.23. The zero-order valence-electron chi connectivity index (χ0n) is 11.2. The average molecular weight is 324 g/mol. The van der Waals surface area contributed by atoms with E-state index in [2.05, 4.69) is 50.3 Å². The minimum absolute atomic E-state index is 0.538. The van der Waals surface area contributed by atoms with E-state index in [0.29, 0.717) is 5.92 Å². The van der Waals surface area contributed by atoms with Gasteiger partial charge in [-0.2, -0.15) is 5.10 Å². The Morgan fingerprint density at radius 1 is 1.47 bits per heavy atom. The zero-order valence-corrected chi connectivity index (χ0v) is 12.8. The smallest absolute Gasteiger partial charge is 0.155 e. The number of nitrogens with one attached hydrogen (secondary N) is 1. The van der Waals surface area contributed by atoms with E-state index in [1.807, 2.05) is 11.6 Å². The number of halogens is 1. The summed E-state index contributed by atoms with van der Waals surface area (Å²) in [5.74, 6) is 0.538. The van der Waals surface area contributed by atoms with Gasteiger partial charge in [-0.15, -0.1) is 0 Å². The summed E-state index contributed by atoms with van der Waals surface area (Å²) in [4.78, 5) is 6.92. The molecule has 1 fully saturated rings. The minimum Gasteiger partial charge on any atom is -0.314 e. The molecule has 0 radical (unpaired) electrons. The fraction of sp³-hybridized carbons (Fsp3) is 0.538. The maximum absolute atomic E-state index is 4.75. The highest BCUT2D eigenvalue weighted by Crippen LogP contribution is 2.26. The van der Waals surface area contributed by atoms with Crippen LogP contribution < -0.4 is 5.32 Å². The van der Waals surface area contributed by atoms with Crippen LogP contribution in [0.2, 0.25) is 0 Å². The summed E-state index contributed by atoms with van der Waals surface area (Å²) in [5, 5.41) is 7.87. The van der Waals surface area contributed by atoms with E-state index in [-0.39, 0.29) is 0 Å². The fourth-order valence-corrected chi connectivity index (χ4v) is 3.13. The molecule has 1 saturated heterocycles. The molecule has 0 amide bonds. The Morgan fingerprint density at radius 3 is 3.00 bits per heavy atom. The lowest BCUT2D eigenvalue weighted by Gasteiger charge is -2.10. The zero-order chi connectivity index (χ0) is 13.4. The van der Waals surface area contributed by atoms with Crippen molar-refractivity contribution in [3.63, 3.8) is 0 Å². The Morgan fingerprint density at radius 2 is 2.32 bits per heavy atom. The molecule has 1 aliphatic heterocycles. The van der Waals surface area contributed by atoms with Crippen molar-refractivity contribution in [2.24, 2.45) is 0 Å². The van der Waals surface area contributed by atoms with Gasteiger partial charge in [-0.3, -0.25) is 0 Å². The van der Waals surface area contributed by atoms with Crippen molar-refractivity contribution in [2.75, 3.05) is 27.2 Å². The van der Waals surface area contributed by atoms with Crippen molar-refractivity contribution in [3.05, 3.63) is 28.1 Å². The van der Waals surface area contributed by atoms with Gasteiger partial charge in [0.05, 0.1) is 11.4 Å². The Labute approximate surface area is 121 Å². The van der Waals surface area contributed by atoms with Gasteiger partial charge in [-0.25, -0.2) is 9.50 Å². The van der Waals surface area contributed by atoms with Crippen LogP contribution in [-0.4, -0.2) is 46.7 Å². The normalized spacial score (nSPS) is 20.5. The summed E-state index contributed by atoms with van der Waals surface area (Å²) in [5.41, 5.74) is 3.05. The lowest BCUT2D eigenvalue weighted by Crippen LogP contribution is -2.14. The molecule has 3 heterocycles. The summed E-state index contributed by atoms with van der Waals surface area (Å²) in [6, 6.07) is 4.17. The molecule has 0 spiro atoms. The SMILES string of the molecule is CNCc1nc2ccc(C3CCN(C)C3)nn2c1Br. The van der Waals surface area contributed by atoms with E-state index in [0.717, 1.165) is 41.3 Å². The van der Waals surface area contributed by atoms with Gasteiger partial charge in [-0.05, 0) is 55.1 Å². The largest absolute Gasteiger partial charge is 0.314 e. The Balaban J connectivity index is 1.98. The van der Waals surface area contributed by atoms with Crippen LogP contribution in [0.3, 0.4) is 0 Å². The van der Waals surface area contributed by atoms with Crippen molar-refractivity contribution < 1.29 is 0 Å². The second-order valence-electron chi connectivity index (χ2n) is 5.16. The number of aromatic nitrogens is 3. The highest BCUT2D eigenvalue weighted by atomic mass is 79.9. The first-order chi connectivity index (χ1) is 9.19. The molecule has 1 aliphatic rings. The monoisotopic (exact) mass is 323 g/mol. The number of likely N-dealkylation sites (N-methyl/N-ethyl adjacent to an activating group) is 1. The van der Waals surface area contributed by atoms with E-state index < -0.39 is 0 Å². The van der Waals surface area contributed by atoms with Crippen molar-refractivity contribution >= 4 is 21.6 Å². The van der Waals surface area contributed by atoms with E-state index in [4.69, 9.17) is 5.10 Å². The van der Waals surface area contributed by atoms with Crippen LogP contribution in [-0.2, 0) is 6.54 Å². The van der Waals surface area contributed by atoms with Crippen LogP contribution in [0.1, 0.15) is 23.7 Å². The quantitative estimate of drug-likeness (QED) is 0.932. The third-order valence-electron chi connectivity index (χ3n) is 3.66. The predicted octanol–water partition coefficient (Wildman–Crippen LogP) is 1.63. The standard InChI is InChI=1S/C13H18BrN5/c1-15-7-11-13(14)19-12(16-11)4-3-10(17-19)9-5-6-18(2)8-9/h3-4,9,15H,5-8H2,1-2H3. The van der Waals surface area contributed by atoms with Crippen molar-refractivity contribution in [3.8, 4) is 0 Å². The average Bonchev–Trinajstić information content (AvgIpc) is 2.96. The third-order valence-corrected chi connectivity index (χ3v) is 4.46. The molecule has 1 atom stereocenters. The molecular weight excluding hydrogens is 306 g/mol. The Hall–Kier alpha value is -0.980.